The Kier molecular flexibility index (Phi) is 9.85. The molecule has 0 heterocycles. The van der Waals surface area contributed by atoms with E-state index in [0.29, 0.717) is 35.1 Å². The van der Waals surface area contributed by atoms with Gasteiger partial charge < -0.3 is 10.4 Å². The first-order chi connectivity index (χ1) is 15.0. The molecule has 0 fully saturated rings. The number of nitrogens with one attached hydrogen (secondary N) is 1. The third kappa shape index (κ3) is 7.30. The molecule has 0 atom stereocenters. The summed E-state index contributed by atoms with van der Waals surface area (Å²) < 4.78 is 0. The Hall–Kier alpha value is -3.05. The van der Waals surface area contributed by atoms with Gasteiger partial charge in [-0.15, -0.1) is 0 Å². The molecule has 1 aliphatic carbocycles. The molecule has 0 spiro atoms. The van der Waals surface area contributed by atoms with Crippen LogP contribution in [0.3, 0.4) is 0 Å². The minimum absolute atomic E-state index is 0.0524. The molecule has 5 nitrogen and oxygen atoms in total. The van der Waals surface area contributed by atoms with E-state index >= 15 is 0 Å². The molecule has 0 bridgehead atoms. The summed E-state index contributed by atoms with van der Waals surface area (Å²) in [4.78, 5) is 36.4. The Morgan fingerprint density at radius 2 is 1.45 bits per heavy atom. The third-order valence-electron chi connectivity index (χ3n) is 5.19. The van der Waals surface area contributed by atoms with Gasteiger partial charge in [0.05, 0.1) is 6.61 Å². The second-order valence-electron chi connectivity index (χ2n) is 7.60. The summed E-state index contributed by atoms with van der Waals surface area (Å²) in [5, 5.41) is 11.2. The topological polar surface area (TPSA) is 83.5 Å². The predicted molar refractivity (Wildman–Crippen MR) is 122 cm³/mol. The number of Topliss-reactive ketones (excluding diaryl/α,β-unsaturated/α-hetero) is 2. The first-order valence-electron chi connectivity index (χ1n) is 10.7. The molecule has 0 aliphatic heterocycles. The fraction of sp³-hybridized carbons (Fsp3) is 0.346. The van der Waals surface area contributed by atoms with Gasteiger partial charge in [-0.05, 0) is 33.1 Å². The lowest BCUT2D eigenvalue weighted by Crippen LogP contribution is -2.25. The van der Waals surface area contributed by atoms with E-state index in [9.17, 15) is 14.4 Å². The second-order valence-corrected chi connectivity index (χ2v) is 7.60. The van der Waals surface area contributed by atoms with Crippen LogP contribution in [0.25, 0.3) is 0 Å². The van der Waals surface area contributed by atoms with Crippen molar-refractivity contribution in [1.82, 2.24) is 5.32 Å². The number of unbranched alkanes of at least 4 members (excludes halogenated alkanes) is 2. The van der Waals surface area contributed by atoms with E-state index in [-0.39, 0.29) is 30.6 Å². The van der Waals surface area contributed by atoms with Crippen LogP contribution in [-0.2, 0) is 4.79 Å². The highest BCUT2D eigenvalue weighted by molar-refractivity contribution is 6.26. The van der Waals surface area contributed by atoms with E-state index in [1.165, 1.54) is 5.56 Å². The molecule has 3 rings (SSSR count). The Morgan fingerprint density at radius 1 is 0.839 bits per heavy atom. The SMILES string of the molecule is CC1=C(CCCCCC(=O)NCCO)C(=O)c2ccccc2C1=O.Cc1ccccc1. The van der Waals surface area contributed by atoms with Crippen molar-refractivity contribution in [1.29, 1.82) is 0 Å². The molecule has 1 amide bonds. The Balaban J connectivity index is 0.000000412. The number of amides is 1. The van der Waals surface area contributed by atoms with Crippen LogP contribution < -0.4 is 5.32 Å². The van der Waals surface area contributed by atoms with Crippen molar-refractivity contribution in [2.75, 3.05) is 13.2 Å². The van der Waals surface area contributed by atoms with Gasteiger partial charge >= 0.3 is 0 Å². The minimum Gasteiger partial charge on any atom is -0.395 e. The molecule has 31 heavy (non-hydrogen) atoms. The maximum absolute atomic E-state index is 12.6. The van der Waals surface area contributed by atoms with Crippen molar-refractivity contribution in [3.8, 4) is 0 Å². The molecule has 2 aromatic rings. The molecule has 0 aromatic heterocycles. The van der Waals surface area contributed by atoms with Crippen LogP contribution >= 0.6 is 0 Å². The number of aliphatic hydroxyl groups excluding tert-OH is 1. The molecular weight excluding hydrogens is 390 g/mol. The van der Waals surface area contributed by atoms with Gasteiger partial charge in [0.25, 0.3) is 0 Å². The molecule has 2 aromatic carbocycles. The van der Waals surface area contributed by atoms with E-state index in [2.05, 4.69) is 24.4 Å². The molecule has 0 saturated heterocycles. The van der Waals surface area contributed by atoms with E-state index in [1.807, 2.05) is 18.2 Å². The molecule has 0 saturated carbocycles. The van der Waals surface area contributed by atoms with Crippen LogP contribution in [0.5, 0.6) is 0 Å². The van der Waals surface area contributed by atoms with Crippen LogP contribution in [0.15, 0.2) is 65.7 Å². The third-order valence-corrected chi connectivity index (χ3v) is 5.19. The highest BCUT2D eigenvalue weighted by Gasteiger charge is 2.28. The first-order valence-corrected chi connectivity index (χ1v) is 10.7. The van der Waals surface area contributed by atoms with Gasteiger partial charge in [-0.1, -0.05) is 66.6 Å². The van der Waals surface area contributed by atoms with Gasteiger partial charge in [0, 0.05) is 35.2 Å². The number of fused-ring (bicyclic) bond motifs is 1. The summed E-state index contributed by atoms with van der Waals surface area (Å²) in [5.41, 5.74) is 3.45. The number of aliphatic hydroxyl groups is 1. The summed E-state index contributed by atoms with van der Waals surface area (Å²) in [6.07, 6.45) is 3.27. The normalized spacial score (nSPS) is 12.7. The monoisotopic (exact) mass is 421 g/mol. The van der Waals surface area contributed by atoms with Crippen molar-refractivity contribution >= 4 is 17.5 Å². The van der Waals surface area contributed by atoms with E-state index in [0.717, 1.165) is 19.3 Å². The van der Waals surface area contributed by atoms with Gasteiger partial charge in [0.1, 0.15) is 0 Å². The second kappa shape index (κ2) is 12.6. The van der Waals surface area contributed by atoms with E-state index in [4.69, 9.17) is 5.11 Å². The van der Waals surface area contributed by atoms with E-state index in [1.54, 1.807) is 31.2 Å². The Labute approximate surface area is 184 Å². The molecular formula is C26H31NO4. The largest absolute Gasteiger partial charge is 0.395 e. The van der Waals surface area contributed by atoms with Crippen molar-refractivity contribution in [3.05, 3.63) is 82.4 Å². The van der Waals surface area contributed by atoms with Crippen LogP contribution in [0, 0.1) is 6.92 Å². The standard InChI is InChI=1S/C19H23NO4.C7H8/c1-13-14(7-3-2-4-10-17(22)20-11-12-21)19(24)16-9-6-5-8-15(16)18(13)23;1-7-5-3-2-4-6-7/h5-6,8-9,21H,2-4,7,10-12H2,1H3,(H,20,22);2-6H,1H3. The maximum Gasteiger partial charge on any atom is 0.220 e. The Morgan fingerprint density at radius 3 is 2.03 bits per heavy atom. The summed E-state index contributed by atoms with van der Waals surface area (Å²) in [6.45, 7) is 4.02. The zero-order chi connectivity index (χ0) is 22.6. The zero-order valence-corrected chi connectivity index (χ0v) is 18.3. The number of carbonyl (C=O) groups is 3. The fourth-order valence-electron chi connectivity index (χ4n) is 3.43. The van der Waals surface area contributed by atoms with Crippen LogP contribution in [0.4, 0.5) is 0 Å². The van der Waals surface area contributed by atoms with Gasteiger partial charge in [-0.2, -0.15) is 0 Å². The predicted octanol–water partition coefficient (Wildman–Crippen LogP) is 4.44. The van der Waals surface area contributed by atoms with E-state index < -0.39 is 0 Å². The average molecular weight is 422 g/mol. The Bertz CT molecular complexity index is 931. The van der Waals surface area contributed by atoms with Crippen molar-refractivity contribution in [2.24, 2.45) is 0 Å². The van der Waals surface area contributed by atoms with Gasteiger partial charge in [0.2, 0.25) is 5.91 Å². The number of carbonyl (C=O) groups excluding carboxylic acids is 3. The molecule has 5 heteroatoms. The molecule has 0 radical (unpaired) electrons. The first kappa shape index (κ1) is 24.2. The quantitative estimate of drug-likeness (QED) is 0.618. The number of allylic oxidation sites excluding steroid dienone is 2. The summed E-state index contributed by atoms with van der Waals surface area (Å²) in [6, 6.07) is 17.2. The van der Waals surface area contributed by atoms with Crippen molar-refractivity contribution < 1.29 is 19.5 Å². The number of ketones is 2. The van der Waals surface area contributed by atoms with Crippen molar-refractivity contribution in [3.63, 3.8) is 0 Å². The smallest absolute Gasteiger partial charge is 0.220 e. The maximum atomic E-state index is 12.6. The molecule has 2 N–H and O–H groups in total. The van der Waals surface area contributed by atoms with Gasteiger partial charge in [0.15, 0.2) is 11.6 Å². The lowest BCUT2D eigenvalue weighted by molar-refractivity contribution is -0.121. The zero-order valence-electron chi connectivity index (χ0n) is 18.3. The fourth-order valence-corrected chi connectivity index (χ4v) is 3.43. The van der Waals surface area contributed by atoms with Crippen LogP contribution in [-0.4, -0.2) is 35.7 Å². The number of benzene rings is 2. The molecule has 1 aliphatic rings. The highest BCUT2D eigenvalue weighted by Crippen LogP contribution is 2.29. The molecule has 0 unspecified atom stereocenters. The highest BCUT2D eigenvalue weighted by atomic mass is 16.3. The lowest BCUT2D eigenvalue weighted by Gasteiger charge is -2.18. The number of aryl methyl sites for hydroxylation is 1. The minimum atomic E-state index is -0.0719. The number of rotatable bonds is 8. The lowest BCUT2D eigenvalue weighted by atomic mass is 9.83. The number of hydrogen-bond donors (Lipinski definition) is 2. The van der Waals surface area contributed by atoms with Gasteiger partial charge in [-0.3, -0.25) is 14.4 Å². The van der Waals surface area contributed by atoms with Crippen LogP contribution in [0.1, 0.15) is 65.3 Å². The summed E-state index contributed by atoms with van der Waals surface area (Å²) >= 11 is 0. The van der Waals surface area contributed by atoms with Gasteiger partial charge in [-0.25, -0.2) is 0 Å². The summed E-state index contributed by atoms with van der Waals surface area (Å²) in [7, 11) is 0. The number of hydrogen-bond acceptors (Lipinski definition) is 4. The average Bonchev–Trinajstić information content (AvgIpc) is 2.79. The summed E-state index contributed by atoms with van der Waals surface area (Å²) in [5.74, 6) is -0.190. The van der Waals surface area contributed by atoms with Crippen molar-refractivity contribution in [2.45, 2.75) is 46.0 Å². The molecule has 164 valence electrons. The van der Waals surface area contributed by atoms with Crippen LogP contribution in [0.2, 0.25) is 0 Å².